The average Bonchev–Trinajstić information content (AvgIpc) is 2.38. The fraction of sp³-hybridized carbons (Fsp3) is 0.200. The topological polar surface area (TPSA) is 38.7 Å². The Kier molecular flexibility index (Phi) is 4.02. The van der Waals surface area contributed by atoms with Gasteiger partial charge in [0.05, 0.1) is 18.8 Å². The highest BCUT2D eigenvalue weighted by Crippen LogP contribution is 2.32. The minimum absolute atomic E-state index is 0.144. The third-order valence-corrected chi connectivity index (χ3v) is 2.70. The summed E-state index contributed by atoms with van der Waals surface area (Å²) in [4.78, 5) is 0. The molecule has 2 aromatic rings. The maximum Gasteiger partial charge on any atom is 0.136 e. The second kappa shape index (κ2) is 5.71. The van der Waals surface area contributed by atoms with Gasteiger partial charge in [-0.15, -0.1) is 0 Å². The quantitative estimate of drug-likeness (QED) is 0.913. The van der Waals surface area contributed by atoms with Crippen LogP contribution in [0.2, 0.25) is 0 Å². The summed E-state index contributed by atoms with van der Waals surface area (Å²) in [6, 6.07) is 11.4. The summed E-state index contributed by atoms with van der Waals surface area (Å²) < 4.78 is 24.4. The molecule has 0 saturated carbocycles. The number of benzene rings is 2. The van der Waals surface area contributed by atoms with Gasteiger partial charge < -0.3 is 14.6 Å². The van der Waals surface area contributed by atoms with Crippen LogP contribution in [0.4, 0.5) is 4.39 Å². The van der Waals surface area contributed by atoms with Gasteiger partial charge in [-0.1, -0.05) is 12.1 Å². The van der Waals surface area contributed by atoms with Crippen LogP contribution in [-0.4, -0.2) is 12.2 Å². The molecule has 0 bridgehead atoms. The first-order valence-electron chi connectivity index (χ1n) is 5.90. The van der Waals surface area contributed by atoms with Crippen LogP contribution in [0.3, 0.4) is 0 Å². The van der Waals surface area contributed by atoms with Crippen molar-refractivity contribution in [2.24, 2.45) is 0 Å². The lowest BCUT2D eigenvalue weighted by Gasteiger charge is -2.14. The maximum absolute atomic E-state index is 13.7. The number of rotatable bonds is 4. The molecule has 1 atom stereocenters. The smallest absolute Gasteiger partial charge is 0.136 e. The molecule has 4 heteroatoms. The molecular weight excluding hydrogens is 247 g/mol. The standard InChI is InChI=1S/C15H15FO3/c1-10(17)15-13(16)7-4-8-14(15)19-12-6-3-5-11(9-12)18-2/h3-10,17H,1-2H3/t10-/m0/s1. The molecule has 0 fully saturated rings. The predicted molar refractivity (Wildman–Crippen MR) is 70.1 cm³/mol. The predicted octanol–water partition coefficient (Wildman–Crippen LogP) is 3.68. The molecule has 0 heterocycles. The molecule has 0 spiro atoms. The van der Waals surface area contributed by atoms with Crippen LogP contribution >= 0.6 is 0 Å². The number of aliphatic hydroxyl groups excluding tert-OH is 1. The Morgan fingerprint density at radius 2 is 1.79 bits per heavy atom. The van der Waals surface area contributed by atoms with E-state index in [2.05, 4.69) is 0 Å². The van der Waals surface area contributed by atoms with Gasteiger partial charge in [-0.2, -0.15) is 0 Å². The number of aliphatic hydroxyl groups is 1. The minimum Gasteiger partial charge on any atom is -0.497 e. The van der Waals surface area contributed by atoms with E-state index >= 15 is 0 Å². The highest BCUT2D eigenvalue weighted by molar-refractivity contribution is 5.41. The maximum atomic E-state index is 13.7. The normalized spacial score (nSPS) is 12.0. The van der Waals surface area contributed by atoms with E-state index in [-0.39, 0.29) is 5.56 Å². The van der Waals surface area contributed by atoms with Gasteiger partial charge >= 0.3 is 0 Å². The van der Waals surface area contributed by atoms with Crippen LogP contribution < -0.4 is 9.47 Å². The Bertz CT molecular complexity index is 567. The van der Waals surface area contributed by atoms with Crippen molar-refractivity contribution in [2.75, 3.05) is 7.11 Å². The second-order valence-electron chi connectivity index (χ2n) is 4.11. The van der Waals surface area contributed by atoms with Gasteiger partial charge in [0.25, 0.3) is 0 Å². The Labute approximate surface area is 111 Å². The molecule has 19 heavy (non-hydrogen) atoms. The van der Waals surface area contributed by atoms with E-state index in [0.717, 1.165) is 0 Å². The lowest BCUT2D eigenvalue weighted by molar-refractivity contribution is 0.190. The molecule has 1 N–H and O–H groups in total. The van der Waals surface area contributed by atoms with E-state index < -0.39 is 11.9 Å². The van der Waals surface area contributed by atoms with E-state index in [9.17, 15) is 9.50 Å². The van der Waals surface area contributed by atoms with E-state index in [1.54, 1.807) is 37.4 Å². The van der Waals surface area contributed by atoms with Crippen molar-refractivity contribution >= 4 is 0 Å². The lowest BCUT2D eigenvalue weighted by atomic mass is 10.1. The molecule has 0 saturated heterocycles. The average molecular weight is 262 g/mol. The largest absolute Gasteiger partial charge is 0.497 e. The Morgan fingerprint density at radius 3 is 2.47 bits per heavy atom. The fourth-order valence-corrected chi connectivity index (χ4v) is 1.80. The fourth-order valence-electron chi connectivity index (χ4n) is 1.80. The number of methoxy groups -OCH3 is 1. The van der Waals surface area contributed by atoms with Crippen LogP contribution in [0.1, 0.15) is 18.6 Å². The summed E-state index contributed by atoms with van der Waals surface area (Å²) in [6.45, 7) is 1.50. The first-order valence-corrected chi connectivity index (χ1v) is 5.90. The van der Waals surface area contributed by atoms with E-state index in [0.29, 0.717) is 17.2 Å². The van der Waals surface area contributed by atoms with Crippen molar-refractivity contribution in [1.82, 2.24) is 0 Å². The van der Waals surface area contributed by atoms with Crippen molar-refractivity contribution in [3.8, 4) is 17.2 Å². The van der Waals surface area contributed by atoms with E-state index in [4.69, 9.17) is 9.47 Å². The van der Waals surface area contributed by atoms with Gasteiger partial charge in [-0.25, -0.2) is 4.39 Å². The highest BCUT2D eigenvalue weighted by atomic mass is 19.1. The Morgan fingerprint density at radius 1 is 1.11 bits per heavy atom. The highest BCUT2D eigenvalue weighted by Gasteiger charge is 2.15. The zero-order valence-corrected chi connectivity index (χ0v) is 10.8. The summed E-state index contributed by atoms with van der Waals surface area (Å²) in [5, 5.41) is 9.62. The summed E-state index contributed by atoms with van der Waals surface area (Å²) >= 11 is 0. The van der Waals surface area contributed by atoms with Gasteiger partial charge in [0, 0.05) is 6.07 Å². The Balaban J connectivity index is 2.35. The monoisotopic (exact) mass is 262 g/mol. The molecule has 0 aliphatic carbocycles. The number of hydrogen-bond donors (Lipinski definition) is 1. The molecule has 2 aromatic carbocycles. The number of halogens is 1. The molecule has 0 aromatic heterocycles. The van der Waals surface area contributed by atoms with Gasteiger partial charge in [-0.3, -0.25) is 0 Å². The first-order chi connectivity index (χ1) is 9.11. The second-order valence-corrected chi connectivity index (χ2v) is 4.11. The lowest BCUT2D eigenvalue weighted by Crippen LogP contribution is -1.99. The molecule has 100 valence electrons. The third kappa shape index (κ3) is 3.03. The Hall–Kier alpha value is -2.07. The molecular formula is C15H15FO3. The summed E-state index contributed by atoms with van der Waals surface area (Å²) in [6.07, 6.45) is -0.943. The van der Waals surface area contributed by atoms with Gasteiger partial charge in [-0.05, 0) is 31.2 Å². The van der Waals surface area contributed by atoms with Gasteiger partial charge in [0.15, 0.2) is 0 Å². The molecule has 0 amide bonds. The van der Waals surface area contributed by atoms with Crippen LogP contribution in [-0.2, 0) is 0 Å². The molecule has 0 aliphatic rings. The summed E-state index contributed by atoms with van der Waals surface area (Å²) in [7, 11) is 1.56. The molecule has 0 radical (unpaired) electrons. The van der Waals surface area contributed by atoms with Gasteiger partial charge in [0.1, 0.15) is 23.1 Å². The van der Waals surface area contributed by atoms with Crippen molar-refractivity contribution in [3.05, 3.63) is 53.8 Å². The van der Waals surface area contributed by atoms with Gasteiger partial charge in [0.2, 0.25) is 0 Å². The van der Waals surface area contributed by atoms with Crippen LogP contribution in [0.25, 0.3) is 0 Å². The third-order valence-electron chi connectivity index (χ3n) is 2.70. The molecule has 2 rings (SSSR count). The first kappa shape index (κ1) is 13.4. The van der Waals surface area contributed by atoms with Crippen molar-refractivity contribution in [1.29, 1.82) is 0 Å². The summed E-state index contributed by atoms with van der Waals surface area (Å²) in [5.74, 6) is 0.970. The zero-order valence-electron chi connectivity index (χ0n) is 10.8. The van der Waals surface area contributed by atoms with E-state index in [1.165, 1.54) is 19.1 Å². The molecule has 3 nitrogen and oxygen atoms in total. The van der Waals surface area contributed by atoms with E-state index in [1.807, 2.05) is 0 Å². The zero-order chi connectivity index (χ0) is 13.8. The summed E-state index contributed by atoms with van der Waals surface area (Å²) in [5.41, 5.74) is 0.144. The SMILES string of the molecule is COc1cccc(Oc2cccc(F)c2[C@H](C)O)c1. The number of ether oxygens (including phenoxy) is 2. The van der Waals surface area contributed by atoms with Crippen molar-refractivity contribution in [3.63, 3.8) is 0 Å². The van der Waals surface area contributed by atoms with Crippen molar-refractivity contribution in [2.45, 2.75) is 13.0 Å². The molecule has 0 aliphatic heterocycles. The molecule has 0 unspecified atom stereocenters. The van der Waals surface area contributed by atoms with Crippen LogP contribution in [0, 0.1) is 5.82 Å². The van der Waals surface area contributed by atoms with Crippen molar-refractivity contribution < 1.29 is 19.0 Å². The number of hydrogen-bond acceptors (Lipinski definition) is 3. The van der Waals surface area contributed by atoms with Crippen LogP contribution in [0.15, 0.2) is 42.5 Å². The van der Waals surface area contributed by atoms with Crippen LogP contribution in [0.5, 0.6) is 17.2 Å². The minimum atomic E-state index is -0.943.